The average Bonchev–Trinajstić information content (AvgIpc) is 3.20. The summed E-state index contributed by atoms with van der Waals surface area (Å²) in [5.41, 5.74) is 2.67. The van der Waals surface area contributed by atoms with Crippen LogP contribution in [0.3, 0.4) is 0 Å². The maximum absolute atomic E-state index is 10.6. The van der Waals surface area contributed by atoms with Gasteiger partial charge in [0.15, 0.2) is 0 Å². The third kappa shape index (κ3) is 15.3. The second-order valence-corrected chi connectivity index (χ2v) is 9.69. The first-order chi connectivity index (χ1) is 21.1. The van der Waals surface area contributed by atoms with E-state index in [1.54, 1.807) is 0 Å². The van der Waals surface area contributed by atoms with Crippen LogP contribution in [0.4, 0.5) is 39.5 Å². The van der Waals surface area contributed by atoms with Crippen LogP contribution < -0.4 is 0 Å². The Morgan fingerprint density at radius 3 is 1.61 bits per heavy atom. The van der Waals surface area contributed by atoms with Crippen molar-refractivity contribution in [3.63, 3.8) is 0 Å². The smallest absolute Gasteiger partial charge is 0.475 e. The van der Waals surface area contributed by atoms with Crippen molar-refractivity contribution in [2.75, 3.05) is 46.3 Å². The molecule has 1 fully saturated rings. The normalized spacial score (nSPS) is 16.2. The van der Waals surface area contributed by atoms with E-state index in [-0.39, 0.29) is 0 Å². The standard InChI is InChI=1S/C19H28N6.3C2HF3O2/c1-22-7-9-24(10-8-22)16-18-14-21-19-4-6-23(11-12-25(18)19)15-17-3-2-5-20-13-17;3*3-2(4,5)1(6)7/h2-3,5,13-14H,4,6-12,15-16H2,1H3;3*(H,6,7). The molecule has 12 nitrogen and oxygen atoms in total. The number of aromatic nitrogens is 3. The Morgan fingerprint density at radius 2 is 1.17 bits per heavy atom. The Hall–Kier alpha value is -3.98. The molecular weight excluding hydrogens is 651 g/mol. The average molecular weight is 683 g/mol. The lowest BCUT2D eigenvalue weighted by Crippen LogP contribution is -2.44. The van der Waals surface area contributed by atoms with Gasteiger partial charge in [0.25, 0.3) is 0 Å². The first kappa shape index (κ1) is 40.0. The lowest BCUT2D eigenvalue weighted by Gasteiger charge is -2.32. The van der Waals surface area contributed by atoms with Crippen molar-refractivity contribution in [3.8, 4) is 0 Å². The van der Waals surface area contributed by atoms with Crippen LogP contribution in [0.15, 0.2) is 30.7 Å². The number of imidazole rings is 1. The molecule has 21 heteroatoms. The fraction of sp³-hybridized carbons (Fsp3) is 0.560. The molecule has 0 amide bonds. The summed E-state index contributed by atoms with van der Waals surface area (Å²) < 4.78 is 97.7. The van der Waals surface area contributed by atoms with E-state index >= 15 is 0 Å². The van der Waals surface area contributed by atoms with E-state index in [2.05, 4.69) is 43.6 Å². The van der Waals surface area contributed by atoms with Gasteiger partial charge in [-0.1, -0.05) is 6.07 Å². The zero-order valence-electron chi connectivity index (χ0n) is 24.1. The summed E-state index contributed by atoms with van der Waals surface area (Å²) in [6.45, 7) is 9.84. The third-order valence-corrected chi connectivity index (χ3v) is 6.15. The second kappa shape index (κ2) is 17.6. The molecule has 0 aliphatic carbocycles. The number of piperazine rings is 1. The minimum Gasteiger partial charge on any atom is -0.475 e. The van der Waals surface area contributed by atoms with Crippen LogP contribution in [-0.2, 0) is 40.4 Å². The second-order valence-electron chi connectivity index (χ2n) is 9.69. The highest BCUT2D eigenvalue weighted by atomic mass is 19.4. The molecule has 3 N–H and O–H groups in total. The number of rotatable bonds is 4. The monoisotopic (exact) mass is 682 g/mol. The molecule has 1 saturated heterocycles. The van der Waals surface area contributed by atoms with Gasteiger partial charge in [-0.15, -0.1) is 0 Å². The Kier molecular flexibility index (Phi) is 15.4. The van der Waals surface area contributed by atoms with Crippen molar-refractivity contribution >= 4 is 17.9 Å². The number of fused-ring (bicyclic) bond motifs is 1. The predicted molar refractivity (Wildman–Crippen MR) is 139 cm³/mol. The summed E-state index contributed by atoms with van der Waals surface area (Å²) >= 11 is 0. The van der Waals surface area contributed by atoms with Crippen molar-refractivity contribution in [3.05, 3.63) is 47.8 Å². The minimum absolute atomic E-state index is 0.979. The van der Waals surface area contributed by atoms with Gasteiger partial charge in [0.05, 0.1) is 5.69 Å². The number of carbonyl (C=O) groups is 3. The van der Waals surface area contributed by atoms with E-state index in [1.165, 1.54) is 30.2 Å². The molecule has 0 aromatic carbocycles. The largest absolute Gasteiger partial charge is 0.490 e. The lowest BCUT2D eigenvalue weighted by atomic mass is 10.2. The molecule has 0 spiro atoms. The van der Waals surface area contributed by atoms with Gasteiger partial charge in [-0.05, 0) is 18.7 Å². The van der Waals surface area contributed by atoms with Gasteiger partial charge < -0.3 is 24.8 Å². The van der Waals surface area contributed by atoms with Crippen LogP contribution >= 0.6 is 0 Å². The van der Waals surface area contributed by atoms with E-state index in [9.17, 15) is 39.5 Å². The highest BCUT2D eigenvalue weighted by Crippen LogP contribution is 2.17. The molecule has 0 radical (unpaired) electrons. The number of hydrogen-bond donors (Lipinski definition) is 3. The molecule has 260 valence electrons. The van der Waals surface area contributed by atoms with Gasteiger partial charge in [-0.2, -0.15) is 39.5 Å². The first-order valence-electron chi connectivity index (χ1n) is 13.1. The maximum Gasteiger partial charge on any atom is 0.490 e. The molecule has 2 aliphatic heterocycles. The van der Waals surface area contributed by atoms with E-state index in [0.29, 0.717) is 0 Å². The van der Waals surface area contributed by atoms with Crippen LogP contribution in [0, 0.1) is 0 Å². The molecular formula is C25H31F9N6O6. The number of likely N-dealkylation sites (N-methyl/N-ethyl adjacent to an activating group) is 1. The summed E-state index contributed by atoms with van der Waals surface area (Å²) in [4.78, 5) is 43.1. The number of pyridine rings is 1. The van der Waals surface area contributed by atoms with Gasteiger partial charge in [0.1, 0.15) is 5.82 Å². The van der Waals surface area contributed by atoms with Crippen LogP contribution in [0.25, 0.3) is 0 Å². The SMILES string of the molecule is CN1CCN(Cc2cnc3n2CCN(Cc2cccnc2)CC3)CC1.O=C(O)C(F)(F)F.O=C(O)C(F)(F)F.O=C(O)C(F)(F)F. The van der Waals surface area contributed by atoms with E-state index in [1.807, 2.05) is 18.5 Å². The van der Waals surface area contributed by atoms with Crippen LogP contribution in [-0.4, -0.2) is 127 Å². The van der Waals surface area contributed by atoms with Crippen molar-refractivity contribution in [1.29, 1.82) is 0 Å². The Morgan fingerprint density at radius 1 is 0.717 bits per heavy atom. The molecule has 46 heavy (non-hydrogen) atoms. The van der Waals surface area contributed by atoms with Crippen molar-refractivity contribution < 1.29 is 69.2 Å². The summed E-state index contributed by atoms with van der Waals surface area (Å²) in [5, 5.41) is 21.4. The Balaban J connectivity index is 0.000000413. The molecule has 2 aromatic heterocycles. The first-order valence-corrected chi connectivity index (χ1v) is 13.1. The quantitative estimate of drug-likeness (QED) is 0.409. The fourth-order valence-electron chi connectivity index (χ4n) is 3.81. The number of aliphatic carboxylic acids is 3. The topological polar surface area (TPSA) is 152 Å². The number of nitrogens with zero attached hydrogens (tertiary/aromatic N) is 6. The molecule has 2 aromatic rings. The number of halogens is 9. The molecule has 0 saturated carbocycles. The Labute approximate surface area is 255 Å². The van der Waals surface area contributed by atoms with E-state index < -0.39 is 36.4 Å². The zero-order valence-corrected chi connectivity index (χ0v) is 24.1. The van der Waals surface area contributed by atoms with Crippen molar-refractivity contribution in [2.45, 2.75) is 44.6 Å². The predicted octanol–water partition coefficient (Wildman–Crippen LogP) is 2.98. The number of hydrogen-bond acceptors (Lipinski definition) is 8. The summed E-state index contributed by atoms with van der Waals surface area (Å²) in [7, 11) is 2.21. The van der Waals surface area contributed by atoms with Gasteiger partial charge in [-0.25, -0.2) is 19.4 Å². The van der Waals surface area contributed by atoms with Gasteiger partial charge in [-0.3, -0.25) is 14.8 Å². The van der Waals surface area contributed by atoms with Crippen LogP contribution in [0.2, 0.25) is 0 Å². The molecule has 4 heterocycles. The Bertz CT molecular complexity index is 1190. The summed E-state index contributed by atoms with van der Waals surface area (Å²) in [6.07, 6.45) is -8.30. The number of alkyl halides is 9. The van der Waals surface area contributed by atoms with Gasteiger partial charge in [0, 0.05) is 83.9 Å². The van der Waals surface area contributed by atoms with Crippen molar-refractivity contribution in [1.82, 2.24) is 29.2 Å². The maximum atomic E-state index is 10.6. The zero-order chi connectivity index (χ0) is 35.3. The number of carboxylic acids is 3. The third-order valence-electron chi connectivity index (χ3n) is 6.15. The van der Waals surface area contributed by atoms with E-state index in [0.717, 1.165) is 52.2 Å². The molecule has 0 atom stereocenters. The van der Waals surface area contributed by atoms with Crippen LogP contribution in [0.5, 0.6) is 0 Å². The lowest BCUT2D eigenvalue weighted by molar-refractivity contribution is -0.193. The van der Waals surface area contributed by atoms with Crippen molar-refractivity contribution in [2.24, 2.45) is 0 Å². The highest BCUT2D eigenvalue weighted by molar-refractivity contribution is 5.73. The van der Waals surface area contributed by atoms with Gasteiger partial charge >= 0.3 is 36.4 Å². The summed E-state index contributed by atoms with van der Waals surface area (Å²) in [5.74, 6) is -7.02. The molecule has 0 bridgehead atoms. The molecule has 4 rings (SSSR count). The summed E-state index contributed by atoms with van der Waals surface area (Å²) in [6, 6.07) is 4.18. The fourth-order valence-corrected chi connectivity index (χ4v) is 3.81. The van der Waals surface area contributed by atoms with Crippen LogP contribution in [0.1, 0.15) is 17.1 Å². The molecule has 2 aliphatic rings. The minimum atomic E-state index is -5.08. The number of carboxylic acid groups (broad SMARTS) is 3. The highest BCUT2D eigenvalue weighted by Gasteiger charge is 2.39. The van der Waals surface area contributed by atoms with Gasteiger partial charge in [0.2, 0.25) is 0 Å². The molecule has 0 unspecified atom stereocenters. The van der Waals surface area contributed by atoms with E-state index in [4.69, 9.17) is 34.7 Å².